The molecule has 2 aromatic carbocycles. The average Bonchev–Trinajstić information content (AvgIpc) is 2.65. The summed E-state index contributed by atoms with van der Waals surface area (Å²) in [6.07, 6.45) is 1.60. The minimum atomic E-state index is -1.10. The number of hydrogen-bond donors (Lipinski definition) is 1. The van der Waals surface area contributed by atoms with Gasteiger partial charge in [-0.2, -0.15) is 5.26 Å². The molecule has 0 fully saturated rings. The number of nitriles is 1. The van der Waals surface area contributed by atoms with Crippen molar-refractivity contribution in [2.45, 2.75) is 0 Å². The van der Waals surface area contributed by atoms with E-state index in [9.17, 15) is 15.2 Å². The third kappa shape index (κ3) is 3.90. The Morgan fingerprint density at radius 2 is 1.64 bits per heavy atom. The van der Waals surface area contributed by atoms with E-state index in [1.54, 1.807) is 36.4 Å². The summed E-state index contributed by atoms with van der Waals surface area (Å²) in [5.41, 5.74) is 1.60. The Balaban J connectivity index is 2.49. The minimum absolute atomic E-state index is 0.0286. The fraction of sp³-hybridized carbons (Fsp3) is 0.158. The van der Waals surface area contributed by atoms with Crippen molar-refractivity contribution < 1.29 is 24.1 Å². The zero-order chi connectivity index (χ0) is 18.4. The van der Waals surface area contributed by atoms with Crippen LogP contribution in [0.5, 0.6) is 17.2 Å². The van der Waals surface area contributed by atoms with Crippen LogP contribution in [0, 0.1) is 11.3 Å². The molecular formula is C19H17NO5. The molecule has 6 nitrogen and oxygen atoms in total. The third-order valence-corrected chi connectivity index (χ3v) is 3.58. The minimum Gasteiger partial charge on any atom is -0.496 e. The summed E-state index contributed by atoms with van der Waals surface area (Å²) in [6.45, 7) is 0. The second kappa shape index (κ2) is 7.88. The van der Waals surface area contributed by atoms with Gasteiger partial charge in [-0.3, -0.25) is 0 Å². The number of carboxylic acid groups (broad SMARTS) is 1. The number of allylic oxidation sites excluding steroid dienone is 1. The maximum Gasteiger partial charge on any atom is 0.339 e. The lowest BCUT2D eigenvalue weighted by atomic mass is 10.0. The predicted molar refractivity (Wildman–Crippen MR) is 93.0 cm³/mol. The molecule has 0 saturated heterocycles. The molecule has 0 aliphatic rings. The first-order valence-electron chi connectivity index (χ1n) is 7.29. The van der Waals surface area contributed by atoms with E-state index in [2.05, 4.69) is 6.07 Å². The van der Waals surface area contributed by atoms with E-state index < -0.39 is 5.97 Å². The normalized spacial score (nSPS) is 10.7. The Hall–Kier alpha value is -3.46. The van der Waals surface area contributed by atoms with Crippen LogP contribution in [-0.4, -0.2) is 32.4 Å². The predicted octanol–water partition coefficient (Wildman–Crippen LogP) is 3.47. The molecule has 0 amide bonds. The highest BCUT2D eigenvalue weighted by molar-refractivity contribution is 5.94. The van der Waals surface area contributed by atoms with Crippen molar-refractivity contribution in [1.29, 1.82) is 5.26 Å². The highest BCUT2D eigenvalue weighted by Gasteiger charge is 2.12. The van der Waals surface area contributed by atoms with Crippen molar-refractivity contribution in [3.05, 3.63) is 53.1 Å². The smallest absolute Gasteiger partial charge is 0.339 e. The van der Waals surface area contributed by atoms with Gasteiger partial charge in [0.2, 0.25) is 0 Å². The SMILES string of the molecule is COc1ccc(/C(C#N)=C/c2ccc(OC)c(C(=O)O)c2)cc1OC. The summed E-state index contributed by atoms with van der Waals surface area (Å²) in [6, 6.07) is 11.9. The maximum atomic E-state index is 11.3. The lowest BCUT2D eigenvalue weighted by Gasteiger charge is -2.09. The lowest BCUT2D eigenvalue weighted by molar-refractivity contribution is 0.0693. The van der Waals surface area contributed by atoms with Crippen molar-refractivity contribution in [2.75, 3.05) is 21.3 Å². The average molecular weight is 339 g/mol. The van der Waals surface area contributed by atoms with Gasteiger partial charge in [-0.15, -0.1) is 0 Å². The fourth-order valence-electron chi connectivity index (χ4n) is 2.33. The molecule has 1 N–H and O–H groups in total. The topological polar surface area (TPSA) is 88.8 Å². The quantitative estimate of drug-likeness (QED) is 0.640. The van der Waals surface area contributed by atoms with Crippen LogP contribution in [-0.2, 0) is 0 Å². The van der Waals surface area contributed by atoms with Gasteiger partial charge in [0.05, 0.1) is 33.0 Å². The van der Waals surface area contributed by atoms with E-state index in [0.717, 1.165) is 0 Å². The lowest BCUT2D eigenvalue weighted by Crippen LogP contribution is -2.00. The number of carboxylic acids is 1. The highest BCUT2D eigenvalue weighted by Crippen LogP contribution is 2.31. The zero-order valence-electron chi connectivity index (χ0n) is 14.1. The second-order valence-corrected chi connectivity index (χ2v) is 5.00. The summed E-state index contributed by atoms with van der Waals surface area (Å²) in [5, 5.41) is 18.7. The van der Waals surface area contributed by atoms with Gasteiger partial charge >= 0.3 is 5.97 Å². The van der Waals surface area contributed by atoms with Crippen LogP contribution in [0.4, 0.5) is 0 Å². The Morgan fingerprint density at radius 1 is 1.00 bits per heavy atom. The van der Waals surface area contributed by atoms with E-state index in [-0.39, 0.29) is 11.3 Å². The standard InChI is InChI=1S/C19H17NO5/c1-23-16-6-4-12(9-15(16)19(21)22)8-14(11-20)13-5-7-17(24-2)18(10-13)25-3/h4-10H,1-3H3,(H,21,22)/b14-8+. The number of aromatic carboxylic acids is 1. The van der Waals surface area contributed by atoms with Crippen LogP contribution in [0.15, 0.2) is 36.4 Å². The maximum absolute atomic E-state index is 11.3. The third-order valence-electron chi connectivity index (χ3n) is 3.58. The van der Waals surface area contributed by atoms with E-state index in [4.69, 9.17) is 14.2 Å². The molecule has 0 atom stereocenters. The van der Waals surface area contributed by atoms with Gasteiger partial charge in [0.1, 0.15) is 11.3 Å². The summed E-state index contributed by atoms with van der Waals surface area (Å²) in [4.78, 5) is 11.3. The van der Waals surface area contributed by atoms with E-state index in [1.807, 2.05) is 0 Å². The highest BCUT2D eigenvalue weighted by atomic mass is 16.5. The largest absolute Gasteiger partial charge is 0.496 e. The fourth-order valence-corrected chi connectivity index (χ4v) is 2.33. The summed E-state index contributed by atoms with van der Waals surface area (Å²) >= 11 is 0. The molecule has 0 aliphatic carbocycles. The molecule has 2 rings (SSSR count). The van der Waals surface area contributed by atoms with Crippen LogP contribution >= 0.6 is 0 Å². The molecular weight excluding hydrogens is 322 g/mol. The first kappa shape index (κ1) is 17.9. The number of carbonyl (C=O) groups is 1. The van der Waals surface area contributed by atoms with Crippen molar-refractivity contribution in [3.63, 3.8) is 0 Å². The first-order valence-corrected chi connectivity index (χ1v) is 7.29. The molecule has 0 saturated carbocycles. The summed E-state index contributed by atoms with van der Waals surface area (Å²) < 4.78 is 15.5. The van der Waals surface area contributed by atoms with Crippen LogP contribution in [0.2, 0.25) is 0 Å². The van der Waals surface area contributed by atoms with Crippen LogP contribution in [0.3, 0.4) is 0 Å². The zero-order valence-corrected chi connectivity index (χ0v) is 14.1. The number of ether oxygens (including phenoxy) is 3. The molecule has 0 spiro atoms. The Labute approximate surface area is 145 Å². The van der Waals surface area contributed by atoms with E-state index in [0.29, 0.717) is 28.2 Å². The summed E-state index contributed by atoms with van der Waals surface area (Å²) in [5.74, 6) is 0.217. The second-order valence-electron chi connectivity index (χ2n) is 5.00. The van der Waals surface area contributed by atoms with Gasteiger partial charge < -0.3 is 19.3 Å². The first-order chi connectivity index (χ1) is 12.0. The van der Waals surface area contributed by atoms with Gasteiger partial charge in [0.15, 0.2) is 11.5 Å². The number of nitrogens with zero attached hydrogens (tertiary/aromatic N) is 1. The number of benzene rings is 2. The molecule has 0 radical (unpaired) electrons. The van der Waals surface area contributed by atoms with E-state index >= 15 is 0 Å². The Bertz CT molecular complexity index is 865. The molecule has 2 aromatic rings. The molecule has 0 aromatic heterocycles. The van der Waals surface area contributed by atoms with Gasteiger partial charge in [-0.05, 0) is 47.5 Å². The molecule has 0 bridgehead atoms. The number of rotatable bonds is 6. The van der Waals surface area contributed by atoms with Crippen molar-refractivity contribution in [3.8, 4) is 23.3 Å². The van der Waals surface area contributed by atoms with Crippen LogP contribution < -0.4 is 14.2 Å². The van der Waals surface area contributed by atoms with Crippen molar-refractivity contribution >= 4 is 17.6 Å². The molecule has 0 unspecified atom stereocenters. The van der Waals surface area contributed by atoms with Crippen LogP contribution in [0.25, 0.3) is 11.6 Å². The number of hydrogen-bond acceptors (Lipinski definition) is 5. The monoisotopic (exact) mass is 339 g/mol. The Morgan fingerprint density at radius 3 is 2.20 bits per heavy atom. The molecule has 128 valence electrons. The van der Waals surface area contributed by atoms with Gasteiger partial charge in [-0.25, -0.2) is 4.79 Å². The van der Waals surface area contributed by atoms with Gasteiger partial charge in [0.25, 0.3) is 0 Å². The van der Waals surface area contributed by atoms with Gasteiger partial charge in [-0.1, -0.05) is 6.07 Å². The van der Waals surface area contributed by atoms with Gasteiger partial charge in [0, 0.05) is 0 Å². The molecule has 0 aliphatic heterocycles. The molecule has 25 heavy (non-hydrogen) atoms. The van der Waals surface area contributed by atoms with E-state index in [1.165, 1.54) is 27.4 Å². The van der Waals surface area contributed by atoms with Crippen molar-refractivity contribution in [1.82, 2.24) is 0 Å². The van der Waals surface area contributed by atoms with Crippen molar-refractivity contribution in [2.24, 2.45) is 0 Å². The number of methoxy groups -OCH3 is 3. The Kier molecular flexibility index (Phi) is 5.64. The van der Waals surface area contributed by atoms with Crippen LogP contribution in [0.1, 0.15) is 21.5 Å². The summed E-state index contributed by atoms with van der Waals surface area (Å²) in [7, 11) is 4.45. The molecule has 6 heteroatoms. The molecule has 0 heterocycles.